The van der Waals surface area contributed by atoms with Gasteiger partial charge in [-0.05, 0) is 23.3 Å². The molecule has 9 heteroatoms. The van der Waals surface area contributed by atoms with Crippen LogP contribution in [0.2, 0.25) is 0 Å². The number of hydrogen-bond donors (Lipinski definition) is 3. The quantitative estimate of drug-likeness (QED) is 0.490. The smallest absolute Gasteiger partial charge is 0.269 e. The van der Waals surface area contributed by atoms with Crippen molar-refractivity contribution in [2.24, 2.45) is 5.92 Å². The number of carbonyl (C=O) groups excluding carboxylic acids is 1. The van der Waals surface area contributed by atoms with Crippen molar-refractivity contribution in [2.45, 2.75) is 12.6 Å². The van der Waals surface area contributed by atoms with Crippen LogP contribution >= 0.6 is 0 Å². The number of benzene rings is 2. The van der Waals surface area contributed by atoms with E-state index in [2.05, 4.69) is 16.2 Å². The van der Waals surface area contributed by atoms with Gasteiger partial charge in [-0.1, -0.05) is 18.2 Å². The van der Waals surface area contributed by atoms with E-state index in [-0.39, 0.29) is 23.6 Å². The summed E-state index contributed by atoms with van der Waals surface area (Å²) in [6.45, 7) is 0.808. The normalized spacial score (nSPS) is 18.5. The van der Waals surface area contributed by atoms with Gasteiger partial charge in [0, 0.05) is 25.2 Å². The SMILES string of the molecule is COc1ccc(CNC(=O)C2CNNC2c2ccc([N+](=O)[O-])cc2)cc1OC. The fourth-order valence-electron chi connectivity index (χ4n) is 3.17. The highest BCUT2D eigenvalue weighted by Gasteiger charge is 2.34. The molecule has 1 fully saturated rings. The van der Waals surface area contributed by atoms with Crippen LogP contribution in [0, 0.1) is 16.0 Å². The Morgan fingerprint density at radius 3 is 2.54 bits per heavy atom. The molecule has 2 atom stereocenters. The zero-order valence-corrected chi connectivity index (χ0v) is 15.6. The van der Waals surface area contributed by atoms with E-state index in [1.165, 1.54) is 12.1 Å². The van der Waals surface area contributed by atoms with Gasteiger partial charge >= 0.3 is 0 Å². The lowest BCUT2D eigenvalue weighted by atomic mass is 9.94. The lowest BCUT2D eigenvalue weighted by molar-refractivity contribution is -0.384. The third-order valence-corrected chi connectivity index (χ3v) is 4.70. The summed E-state index contributed by atoms with van der Waals surface area (Å²) in [4.78, 5) is 23.1. The van der Waals surface area contributed by atoms with Crippen molar-refractivity contribution in [3.8, 4) is 11.5 Å². The molecule has 1 aliphatic heterocycles. The Kier molecular flexibility index (Phi) is 6.07. The average Bonchev–Trinajstić information content (AvgIpc) is 3.21. The standard InChI is InChI=1S/C19H22N4O5/c1-27-16-8-3-12(9-17(16)28-2)10-20-19(24)15-11-21-22-18(15)13-4-6-14(7-5-13)23(25)26/h3-9,15,18,21-22H,10-11H2,1-2H3,(H,20,24). The van der Waals surface area contributed by atoms with Gasteiger partial charge in [0.15, 0.2) is 11.5 Å². The van der Waals surface area contributed by atoms with Crippen molar-refractivity contribution in [3.05, 3.63) is 63.7 Å². The van der Waals surface area contributed by atoms with Crippen LogP contribution in [-0.4, -0.2) is 31.6 Å². The van der Waals surface area contributed by atoms with E-state index in [1.54, 1.807) is 32.4 Å². The Bertz CT molecular complexity index is 856. The highest BCUT2D eigenvalue weighted by Crippen LogP contribution is 2.28. The molecule has 3 rings (SSSR count). The van der Waals surface area contributed by atoms with Gasteiger partial charge in [0.25, 0.3) is 5.69 Å². The number of carbonyl (C=O) groups is 1. The second kappa shape index (κ2) is 8.68. The number of nitrogens with one attached hydrogen (secondary N) is 3. The van der Waals surface area contributed by atoms with Crippen LogP contribution in [0.25, 0.3) is 0 Å². The summed E-state index contributed by atoms with van der Waals surface area (Å²) < 4.78 is 10.5. The second-order valence-electron chi connectivity index (χ2n) is 6.37. The van der Waals surface area contributed by atoms with Crippen molar-refractivity contribution in [1.29, 1.82) is 0 Å². The van der Waals surface area contributed by atoms with Gasteiger partial charge < -0.3 is 14.8 Å². The van der Waals surface area contributed by atoms with E-state index in [0.29, 0.717) is 24.6 Å². The molecular weight excluding hydrogens is 364 g/mol. The minimum absolute atomic E-state index is 0.0177. The summed E-state index contributed by atoms with van der Waals surface area (Å²) in [5, 5.41) is 13.7. The maximum Gasteiger partial charge on any atom is 0.269 e. The van der Waals surface area contributed by atoms with Crippen molar-refractivity contribution in [3.63, 3.8) is 0 Å². The molecule has 148 valence electrons. The summed E-state index contributed by atoms with van der Waals surface area (Å²) in [5.41, 5.74) is 7.77. The number of ether oxygens (including phenoxy) is 2. The molecule has 2 unspecified atom stereocenters. The number of hydrogen-bond acceptors (Lipinski definition) is 7. The minimum atomic E-state index is -0.447. The Morgan fingerprint density at radius 1 is 1.18 bits per heavy atom. The maximum atomic E-state index is 12.7. The molecule has 0 aliphatic carbocycles. The van der Waals surface area contributed by atoms with E-state index < -0.39 is 4.92 Å². The fourth-order valence-corrected chi connectivity index (χ4v) is 3.17. The molecule has 9 nitrogen and oxygen atoms in total. The fraction of sp³-hybridized carbons (Fsp3) is 0.316. The number of rotatable bonds is 7. The molecule has 1 aliphatic rings. The zero-order chi connectivity index (χ0) is 20.1. The molecule has 0 spiro atoms. The van der Waals surface area contributed by atoms with Crippen LogP contribution in [-0.2, 0) is 11.3 Å². The van der Waals surface area contributed by atoms with E-state index in [1.807, 2.05) is 12.1 Å². The number of nitrogens with zero attached hydrogens (tertiary/aromatic N) is 1. The first-order valence-corrected chi connectivity index (χ1v) is 8.75. The van der Waals surface area contributed by atoms with E-state index in [0.717, 1.165) is 11.1 Å². The number of amides is 1. The first-order chi connectivity index (χ1) is 13.5. The number of non-ortho nitro benzene ring substituents is 1. The van der Waals surface area contributed by atoms with Crippen LogP contribution in [0.1, 0.15) is 17.2 Å². The van der Waals surface area contributed by atoms with Gasteiger partial charge in [-0.15, -0.1) is 0 Å². The Hall–Kier alpha value is -3.17. The van der Waals surface area contributed by atoms with Crippen LogP contribution in [0.15, 0.2) is 42.5 Å². The van der Waals surface area contributed by atoms with Crippen LogP contribution in [0.4, 0.5) is 5.69 Å². The van der Waals surface area contributed by atoms with Gasteiger partial charge in [0.05, 0.1) is 31.1 Å². The van der Waals surface area contributed by atoms with Crippen molar-refractivity contribution in [2.75, 3.05) is 20.8 Å². The molecule has 0 aromatic heterocycles. The largest absolute Gasteiger partial charge is 0.493 e. The van der Waals surface area contributed by atoms with Crippen molar-refractivity contribution < 1.29 is 19.2 Å². The van der Waals surface area contributed by atoms with E-state index >= 15 is 0 Å². The van der Waals surface area contributed by atoms with Gasteiger partial charge in [0.1, 0.15) is 0 Å². The van der Waals surface area contributed by atoms with Gasteiger partial charge in [-0.2, -0.15) is 0 Å². The second-order valence-corrected chi connectivity index (χ2v) is 6.37. The molecule has 3 N–H and O–H groups in total. The van der Waals surface area contributed by atoms with Crippen molar-refractivity contribution >= 4 is 11.6 Å². The molecule has 1 amide bonds. The monoisotopic (exact) mass is 386 g/mol. The lowest BCUT2D eigenvalue weighted by Crippen LogP contribution is -2.34. The first-order valence-electron chi connectivity index (χ1n) is 8.75. The van der Waals surface area contributed by atoms with Gasteiger partial charge in [-0.25, -0.2) is 5.43 Å². The molecule has 28 heavy (non-hydrogen) atoms. The number of nitro groups is 1. The topological polar surface area (TPSA) is 115 Å². The lowest BCUT2D eigenvalue weighted by Gasteiger charge is -2.18. The summed E-state index contributed by atoms with van der Waals surface area (Å²) in [5.74, 6) is 0.763. The molecule has 2 aromatic carbocycles. The van der Waals surface area contributed by atoms with Crippen LogP contribution in [0.5, 0.6) is 11.5 Å². The molecular formula is C19H22N4O5. The molecule has 0 bridgehead atoms. The Morgan fingerprint density at radius 2 is 1.89 bits per heavy atom. The van der Waals surface area contributed by atoms with Crippen molar-refractivity contribution in [1.82, 2.24) is 16.2 Å². The number of hydrazine groups is 1. The summed E-state index contributed by atoms with van der Waals surface area (Å²) in [7, 11) is 3.13. The first kappa shape index (κ1) is 19.6. The van der Waals surface area contributed by atoms with Crippen LogP contribution in [0.3, 0.4) is 0 Å². The summed E-state index contributed by atoms with van der Waals surface area (Å²) in [6, 6.07) is 11.4. The molecule has 0 radical (unpaired) electrons. The predicted octanol–water partition coefficient (Wildman–Crippen LogP) is 1.69. The highest BCUT2D eigenvalue weighted by atomic mass is 16.6. The highest BCUT2D eigenvalue weighted by molar-refractivity contribution is 5.80. The number of nitro benzene ring substituents is 1. The summed E-state index contributed by atoms with van der Waals surface area (Å²) in [6.07, 6.45) is 0. The van der Waals surface area contributed by atoms with E-state index in [4.69, 9.17) is 9.47 Å². The molecule has 1 heterocycles. The Balaban J connectivity index is 1.65. The van der Waals surface area contributed by atoms with Gasteiger partial charge in [0.2, 0.25) is 5.91 Å². The maximum absolute atomic E-state index is 12.7. The van der Waals surface area contributed by atoms with Crippen LogP contribution < -0.4 is 25.6 Å². The van der Waals surface area contributed by atoms with E-state index in [9.17, 15) is 14.9 Å². The zero-order valence-electron chi connectivity index (χ0n) is 15.6. The minimum Gasteiger partial charge on any atom is -0.493 e. The van der Waals surface area contributed by atoms with Gasteiger partial charge in [-0.3, -0.25) is 20.3 Å². The predicted molar refractivity (Wildman–Crippen MR) is 102 cm³/mol. The molecule has 1 saturated heterocycles. The average molecular weight is 386 g/mol. The summed E-state index contributed by atoms with van der Waals surface area (Å²) >= 11 is 0. The molecule has 0 saturated carbocycles. The third kappa shape index (κ3) is 4.21. The number of methoxy groups -OCH3 is 2. The Labute approximate surface area is 162 Å². The third-order valence-electron chi connectivity index (χ3n) is 4.70. The molecule has 2 aromatic rings.